The minimum Gasteiger partial charge on any atom is -0.490 e. The van der Waals surface area contributed by atoms with Crippen molar-refractivity contribution in [2.45, 2.75) is 97.5 Å². The summed E-state index contributed by atoms with van der Waals surface area (Å²) >= 11 is 0. The maximum Gasteiger partial charge on any atom is 0.166 e. The van der Waals surface area contributed by atoms with E-state index in [2.05, 4.69) is 13.8 Å². The molecule has 2 rings (SSSR count). The van der Waals surface area contributed by atoms with Gasteiger partial charge >= 0.3 is 0 Å². The van der Waals surface area contributed by atoms with E-state index >= 15 is 0 Å². The van der Waals surface area contributed by atoms with Crippen LogP contribution in [0.5, 0.6) is 23.0 Å². The Kier molecular flexibility index (Phi) is 18.8. The molecule has 0 unspecified atom stereocenters. The number of aliphatic hydroxyl groups is 1. The summed E-state index contributed by atoms with van der Waals surface area (Å²) in [5.74, 6) is 2.80. The van der Waals surface area contributed by atoms with Gasteiger partial charge in [-0.1, -0.05) is 102 Å². The molecular weight excluding hydrogens is 492 g/mol. The molecule has 6 nitrogen and oxygen atoms in total. The van der Waals surface area contributed by atoms with Crippen LogP contribution < -0.4 is 18.9 Å². The number of rotatable bonds is 25. The van der Waals surface area contributed by atoms with Crippen LogP contribution in [0.1, 0.15) is 96.5 Å². The Morgan fingerprint density at radius 3 is 1.56 bits per heavy atom. The van der Waals surface area contributed by atoms with Crippen LogP contribution in [0.4, 0.5) is 0 Å². The molecule has 0 saturated carbocycles. The fourth-order valence-corrected chi connectivity index (χ4v) is 4.30. The van der Waals surface area contributed by atoms with Crippen molar-refractivity contribution in [2.75, 3.05) is 39.6 Å². The van der Waals surface area contributed by atoms with Gasteiger partial charge in [-0.05, 0) is 31.0 Å². The molecule has 0 bridgehead atoms. The largest absolute Gasteiger partial charge is 0.490 e. The molecule has 0 aromatic heterocycles. The molecule has 0 spiro atoms. The van der Waals surface area contributed by atoms with Gasteiger partial charge in [-0.3, -0.25) is 0 Å². The van der Waals surface area contributed by atoms with E-state index in [1.54, 1.807) is 0 Å². The quantitative estimate of drug-likeness (QED) is 0.127. The lowest BCUT2D eigenvalue weighted by atomic mass is 10.1. The summed E-state index contributed by atoms with van der Waals surface area (Å²) in [6, 6.07) is 13.4. The molecule has 0 fully saturated rings. The van der Waals surface area contributed by atoms with Crippen LogP contribution in [0, 0.1) is 0 Å². The number of hydrogen-bond acceptors (Lipinski definition) is 6. The van der Waals surface area contributed by atoms with E-state index in [0.717, 1.165) is 29.9 Å². The van der Waals surface area contributed by atoms with Crippen molar-refractivity contribution in [2.24, 2.45) is 0 Å². The molecule has 39 heavy (non-hydrogen) atoms. The summed E-state index contributed by atoms with van der Waals surface area (Å²) in [6.07, 6.45) is 14.7. The summed E-state index contributed by atoms with van der Waals surface area (Å²) in [5, 5.41) is 9.76. The van der Waals surface area contributed by atoms with Gasteiger partial charge in [0.05, 0.1) is 33.0 Å². The topological polar surface area (TPSA) is 66.4 Å². The third kappa shape index (κ3) is 14.5. The van der Waals surface area contributed by atoms with Gasteiger partial charge in [0.2, 0.25) is 0 Å². The fourth-order valence-electron chi connectivity index (χ4n) is 4.30. The van der Waals surface area contributed by atoms with E-state index in [9.17, 15) is 5.11 Å². The Balaban J connectivity index is 1.64. The van der Waals surface area contributed by atoms with Crippen LogP contribution in [-0.4, -0.2) is 44.7 Å². The second-order valence-electron chi connectivity index (χ2n) is 9.89. The highest BCUT2D eigenvalue weighted by atomic mass is 16.6. The Hall–Kier alpha value is -2.44. The van der Waals surface area contributed by atoms with Crippen molar-refractivity contribution < 1.29 is 28.8 Å². The highest BCUT2D eigenvalue weighted by Gasteiger charge is 2.11. The molecule has 0 heterocycles. The van der Waals surface area contributed by atoms with Crippen molar-refractivity contribution in [3.05, 3.63) is 48.0 Å². The van der Waals surface area contributed by atoms with Crippen LogP contribution in [0.3, 0.4) is 0 Å². The van der Waals surface area contributed by atoms with Crippen molar-refractivity contribution in [3.63, 3.8) is 0 Å². The van der Waals surface area contributed by atoms with Crippen molar-refractivity contribution in [1.29, 1.82) is 0 Å². The lowest BCUT2D eigenvalue weighted by Gasteiger charge is -2.16. The van der Waals surface area contributed by atoms with Crippen molar-refractivity contribution in [3.8, 4) is 23.0 Å². The Morgan fingerprint density at radius 1 is 0.487 bits per heavy atom. The van der Waals surface area contributed by atoms with Gasteiger partial charge in [0, 0.05) is 5.56 Å². The lowest BCUT2D eigenvalue weighted by molar-refractivity contribution is 0.0739. The number of ether oxygens (including phenoxy) is 5. The van der Waals surface area contributed by atoms with E-state index in [0.29, 0.717) is 51.1 Å². The first-order chi connectivity index (χ1) is 19.3. The normalized spacial score (nSPS) is 10.9. The van der Waals surface area contributed by atoms with Gasteiger partial charge in [0.25, 0.3) is 0 Å². The Labute approximate surface area is 237 Å². The summed E-state index contributed by atoms with van der Waals surface area (Å²) in [6.45, 7) is 7.37. The standard InChI is InChI=1S/C33H52O6/c1-3-5-7-9-11-15-22-36-30-19-13-14-20-31(30)38-26-24-35-25-27-39-33-29(28-34)18-17-21-32(33)37-23-16-12-10-8-6-4-2/h13-14,17-21,34H,3-12,15-16,22-28H2,1-2H3. The van der Waals surface area contributed by atoms with Crippen LogP contribution in [-0.2, 0) is 11.3 Å². The van der Waals surface area contributed by atoms with Crippen molar-refractivity contribution >= 4 is 0 Å². The highest BCUT2D eigenvalue weighted by Crippen LogP contribution is 2.32. The molecule has 2 aromatic rings. The predicted molar refractivity (Wildman–Crippen MR) is 158 cm³/mol. The van der Waals surface area contributed by atoms with Crippen molar-refractivity contribution in [1.82, 2.24) is 0 Å². The van der Waals surface area contributed by atoms with Crippen LogP contribution >= 0.6 is 0 Å². The first-order valence-corrected chi connectivity index (χ1v) is 15.2. The third-order valence-electron chi connectivity index (χ3n) is 6.55. The SMILES string of the molecule is CCCCCCCCOc1ccccc1OCCOCCOc1c(CO)cccc1OCCCCCCCC. The molecule has 0 radical (unpaired) electrons. The monoisotopic (exact) mass is 544 g/mol. The first kappa shape index (κ1) is 32.8. The maximum atomic E-state index is 9.76. The fraction of sp³-hybridized carbons (Fsp3) is 0.636. The minimum absolute atomic E-state index is 0.0986. The van der Waals surface area contributed by atoms with Gasteiger partial charge in [-0.2, -0.15) is 0 Å². The zero-order valence-electron chi connectivity index (χ0n) is 24.5. The molecule has 220 valence electrons. The number of benzene rings is 2. The zero-order valence-corrected chi connectivity index (χ0v) is 24.5. The molecule has 0 aliphatic heterocycles. The van der Waals surface area contributed by atoms with Crippen LogP contribution in [0.25, 0.3) is 0 Å². The van der Waals surface area contributed by atoms with Gasteiger partial charge < -0.3 is 28.8 Å². The molecule has 2 aromatic carbocycles. The van der Waals surface area contributed by atoms with Crippen LogP contribution in [0.2, 0.25) is 0 Å². The summed E-state index contributed by atoms with van der Waals surface area (Å²) in [7, 11) is 0. The second kappa shape index (κ2) is 22.4. The maximum absolute atomic E-state index is 9.76. The second-order valence-corrected chi connectivity index (χ2v) is 9.89. The van der Waals surface area contributed by atoms with Crippen LogP contribution in [0.15, 0.2) is 42.5 Å². The number of aliphatic hydroxyl groups excluding tert-OH is 1. The molecule has 0 aliphatic rings. The average Bonchev–Trinajstić information content (AvgIpc) is 2.96. The van der Waals surface area contributed by atoms with E-state index in [1.165, 1.54) is 64.2 Å². The Bertz CT molecular complexity index is 856. The molecule has 0 atom stereocenters. The molecule has 1 N–H and O–H groups in total. The smallest absolute Gasteiger partial charge is 0.166 e. The first-order valence-electron chi connectivity index (χ1n) is 15.2. The molecule has 6 heteroatoms. The molecular formula is C33H52O6. The number of hydrogen-bond donors (Lipinski definition) is 1. The van der Waals surface area contributed by atoms with Gasteiger partial charge in [-0.25, -0.2) is 0 Å². The summed E-state index contributed by atoms with van der Waals surface area (Å²) in [5.41, 5.74) is 0.719. The third-order valence-corrected chi connectivity index (χ3v) is 6.55. The minimum atomic E-state index is -0.0986. The number of unbranched alkanes of at least 4 members (excludes halogenated alkanes) is 10. The van der Waals surface area contributed by atoms with Gasteiger partial charge in [-0.15, -0.1) is 0 Å². The lowest BCUT2D eigenvalue weighted by Crippen LogP contribution is -2.13. The summed E-state index contributed by atoms with van der Waals surface area (Å²) < 4.78 is 29.6. The van der Waals surface area contributed by atoms with Gasteiger partial charge in [0.15, 0.2) is 23.0 Å². The molecule has 0 amide bonds. The molecule has 0 saturated heterocycles. The number of para-hydroxylation sites is 3. The zero-order chi connectivity index (χ0) is 27.8. The average molecular weight is 545 g/mol. The van der Waals surface area contributed by atoms with Gasteiger partial charge in [0.1, 0.15) is 13.2 Å². The summed E-state index contributed by atoms with van der Waals surface area (Å²) in [4.78, 5) is 0. The molecule has 0 aliphatic carbocycles. The van der Waals surface area contributed by atoms with E-state index in [-0.39, 0.29) is 6.61 Å². The van der Waals surface area contributed by atoms with E-state index < -0.39 is 0 Å². The van der Waals surface area contributed by atoms with E-state index in [4.69, 9.17) is 23.7 Å². The Morgan fingerprint density at radius 2 is 0.974 bits per heavy atom. The van der Waals surface area contributed by atoms with E-state index in [1.807, 2.05) is 42.5 Å². The predicted octanol–water partition coefficient (Wildman–Crippen LogP) is 8.13. The highest BCUT2D eigenvalue weighted by molar-refractivity contribution is 5.46.